The zero-order valence-corrected chi connectivity index (χ0v) is 26.4. The van der Waals surface area contributed by atoms with E-state index in [1.54, 1.807) is 30.5 Å². The first-order valence-corrected chi connectivity index (χ1v) is 16.5. The van der Waals surface area contributed by atoms with Gasteiger partial charge in [-0.1, -0.05) is 90.5 Å². The van der Waals surface area contributed by atoms with E-state index in [1.165, 1.54) is 24.3 Å². The van der Waals surface area contributed by atoms with Crippen LogP contribution >= 0.6 is 11.6 Å². The van der Waals surface area contributed by atoms with Crippen LogP contribution in [0.15, 0.2) is 131 Å². The number of benzene rings is 4. The van der Waals surface area contributed by atoms with Crippen molar-refractivity contribution >= 4 is 27.4 Å². The summed E-state index contributed by atoms with van der Waals surface area (Å²) < 4.78 is 32.7. The standard InChI is InChI=1S/C36H33ClN2O6S/c37-35-18-13-29(22-38-35)33(40)24-39(23-27-7-3-1-4-8-27)20-19-26-11-14-30(15-12-26)46(43,44)31-16-17-34(32(21-31)36(41)42)45-25-28-9-5-2-6-10-28/h1-18,21-22,33,40H,19-20,23-25H2,(H,41,42)/t33-/m0/s1. The predicted molar refractivity (Wildman–Crippen MR) is 176 cm³/mol. The second-order valence-corrected chi connectivity index (χ2v) is 13.1. The Labute approximate surface area is 273 Å². The number of hydrogen-bond donors (Lipinski definition) is 2. The van der Waals surface area contributed by atoms with Gasteiger partial charge in [0.05, 0.1) is 15.9 Å². The molecule has 0 unspecified atom stereocenters. The molecule has 1 atom stereocenters. The minimum Gasteiger partial charge on any atom is -0.488 e. The van der Waals surface area contributed by atoms with Crippen LogP contribution < -0.4 is 4.74 Å². The lowest BCUT2D eigenvalue weighted by molar-refractivity contribution is 0.0691. The van der Waals surface area contributed by atoms with E-state index in [4.69, 9.17) is 16.3 Å². The fourth-order valence-electron chi connectivity index (χ4n) is 4.97. The van der Waals surface area contributed by atoms with Crippen LogP contribution in [-0.2, 0) is 29.4 Å². The number of aromatic nitrogens is 1. The number of aromatic carboxylic acids is 1. The minimum absolute atomic E-state index is 0.0531. The smallest absolute Gasteiger partial charge is 0.339 e. The molecule has 0 bridgehead atoms. The highest BCUT2D eigenvalue weighted by atomic mass is 35.5. The molecule has 0 aliphatic carbocycles. The molecule has 0 aliphatic rings. The molecular weight excluding hydrogens is 624 g/mol. The van der Waals surface area contributed by atoms with Gasteiger partial charge in [0, 0.05) is 31.4 Å². The molecule has 8 nitrogen and oxygen atoms in total. The SMILES string of the molecule is O=C(O)c1cc(S(=O)(=O)c2ccc(CCN(Cc3ccccc3)C[C@H](O)c3ccc(Cl)nc3)cc2)ccc1OCc1ccccc1. The Morgan fingerprint density at radius 2 is 1.48 bits per heavy atom. The van der Waals surface area contributed by atoms with Gasteiger partial charge in [0.1, 0.15) is 23.1 Å². The lowest BCUT2D eigenvalue weighted by atomic mass is 10.1. The molecule has 5 rings (SSSR count). The molecule has 10 heteroatoms. The zero-order chi connectivity index (χ0) is 32.5. The summed E-state index contributed by atoms with van der Waals surface area (Å²) in [6.45, 7) is 1.73. The fraction of sp³-hybridized carbons (Fsp3) is 0.167. The molecule has 2 N–H and O–H groups in total. The van der Waals surface area contributed by atoms with Crippen LogP contribution in [0.1, 0.15) is 38.7 Å². The van der Waals surface area contributed by atoms with Gasteiger partial charge in [-0.25, -0.2) is 18.2 Å². The maximum Gasteiger partial charge on any atom is 0.339 e. The number of halogens is 1. The van der Waals surface area contributed by atoms with Crippen LogP contribution in [0, 0.1) is 0 Å². The summed E-state index contributed by atoms with van der Waals surface area (Å²) in [6, 6.07) is 33.1. The van der Waals surface area contributed by atoms with Gasteiger partial charge in [-0.05, 0) is 59.5 Å². The third-order valence-electron chi connectivity index (χ3n) is 7.49. The number of aliphatic hydroxyl groups is 1. The summed E-state index contributed by atoms with van der Waals surface area (Å²) in [6.07, 6.45) is 1.40. The van der Waals surface area contributed by atoms with Crippen LogP contribution in [0.5, 0.6) is 5.75 Å². The summed E-state index contributed by atoms with van der Waals surface area (Å²) in [5.74, 6) is -1.20. The lowest BCUT2D eigenvalue weighted by Gasteiger charge is -2.25. The van der Waals surface area contributed by atoms with E-state index in [9.17, 15) is 23.4 Å². The molecule has 0 saturated heterocycles. The third-order valence-corrected chi connectivity index (χ3v) is 9.49. The average molecular weight is 657 g/mol. The first-order chi connectivity index (χ1) is 22.2. The summed E-state index contributed by atoms with van der Waals surface area (Å²) in [5, 5.41) is 21.0. The Morgan fingerprint density at radius 1 is 0.826 bits per heavy atom. The molecule has 0 spiro atoms. The molecule has 0 fully saturated rings. The van der Waals surface area contributed by atoms with Gasteiger partial charge in [-0.2, -0.15) is 0 Å². The van der Waals surface area contributed by atoms with Crippen LogP contribution in [0.4, 0.5) is 0 Å². The molecule has 0 aliphatic heterocycles. The monoisotopic (exact) mass is 656 g/mol. The van der Waals surface area contributed by atoms with Crippen molar-refractivity contribution in [1.29, 1.82) is 0 Å². The van der Waals surface area contributed by atoms with Gasteiger partial charge in [0.25, 0.3) is 0 Å². The highest BCUT2D eigenvalue weighted by Crippen LogP contribution is 2.28. The van der Waals surface area contributed by atoms with Crippen molar-refractivity contribution in [3.8, 4) is 5.75 Å². The van der Waals surface area contributed by atoms with Gasteiger partial charge < -0.3 is 14.9 Å². The molecule has 1 heterocycles. The maximum absolute atomic E-state index is 13.5. The number of carboxylic acid groups (broad SMARTS) is 1. The Kier molecular flexibility index (Phi) is 10.8. The van der Waals surface area contributed by atoms with Gasteiger partial charge in [0.15, 0.2) is 0 Å². The lowest BCUT2D eigenvalue weighted by Crippen LogP contribution is -2.30. The normalized spacial score (nSPS) is 12.2. The number of nitrogens with zero attached hydrogens (tertiary/aromatic N) is 2. The number of ether oxygens (including phenoxy) is 1. The Bertz CT molecular complexity index is 1850. The summed E-state index contributed by atoms with van der Waals surface area (Å²) >= 11 is 5.91. The number of carbonyl (C=O) groups is 1. The maximum atomic E-state index is 13.5. The van der Waals surface area contributed by atoms with Gasteiger partial charge in [-0.15, -0.1) is 0 Å². The van der Waals surface area contributed by atoms with Crippen LogP contribution in [0.25, 0.3) is 0 Å². The van der Waals surface area contributed by atoms with Crippen LogP contribution in [0.2, 0.25) is 5.15 Å². The van der Waals surface area contributed by atoms with Crippen molar-refractivity contribution in [1.82, 2.24) is 9.88 Å². The highest BCUT2D eigenvalue weighted by molar-refractivity contribution is 7.91. The molecule has 0 radical (unpaired) electrons. The minimum atomic E-state index is -3.99. The number of pyridine rings is 1. The zero-order valence-electron chi connectivity index (χ0n) is 24.9. The predicted octanol–water partition coefficient (Wildman–Crippen LogP) is 6.62. The molecular formula is C36H33ClN2O6S. The number of carboxylic acids is 1. The largest absolute Gasteiger partial charge is 0.488 e. The van der Waals surface area contributed by atoms with E-state index in [-0.39, 0.29) is 27.7 Å². The number of rotatable bonds is 14. The van der Waals surface area contributed by atoms with E-state index >= 15 is 0 Å². The second kappa shape index (κ2) is 15.2. The molecule has 1 aromatic heterocycles. The van der Waals surface area contributed by atoms with E-state index in [2.05, 4.69) is 9.88 Å². The summed E-state index contributed by atoms with van der Waals surface area (Å²) in [4.78, 5) is 18.1. The molecule has 0 amide bonds. The Balaban J connectivity index is 1.28. The van der Waals surface area contributed by atoms with Crippen molar-refractivity contribution in [3.05, 3.63) is 154 Å². The number of sulfone groups is 1. The Morgan fingerprint density at radius 3 is 2.11 bits per heavy atom. The van der Waals surface area contributed by atoms with Crippen LogP contribution in [-0.4, -0.2) is 47.6 Å². The first kappa shape index (κ1) is 32.8. The average Bonchev–Trinajstić information content (AvgIpc) is 3.07. The van der Waals surface area contributed by atoms with E-state index < -0.39 is 21.9 Å². The molecule has 4 aromatic carbocycles. The molecule has 236 valence electrons. The fourth-order valence-corrected chi connectivity index (χ4v) is 6.37. The van der Waals surface area contributed by atoms with Crippen molar-refractivity contribution in [2.45, 2.75) is 35.5 Å². The van der Waals surface area contributed by atoms with E-state index in [0.29, 0.717) is 36.8 Å². The van der Waals surface area contributed by atoms with E-state index in [0.717, 1.165) is 22.8 Å². The van der Waals surface area contributed by atoms with Crippen LogP contribution in [0.3, 0.4) is 0 Å². The number of hydrogen-bond acceptors (Lipinski definition) is 7. The first-order valence-electron chi connectivity index (χ1n) is 14.6. The van der Waals surface area contributed by atoms with Crippen molar-refractivity contribution in [2.24, 2.45) is 0 Å². The van der Waals surface area contributed by atoms with Crippen molar-refractivity contribution < 1.29 is 28.2 Å². The Hall–Kier alpha value is -4.54. The topological polar surface area (TPSA) is 117 Å². The molecule has 0 saturated carbocycles. The quantitative estimate of drug-likeness (QED) is 0.128. The van der Waals surface area contributed by atoms with E-state index in [1.807, 2.05) is 60.7 Å². The highest BCUT2D eigenvalue weighted by Gasteiger charge is 2.22. The van der Waals surface area contributed by atoms with Gasteiger partial charge in [0.2, 0.25) is 9.84 Å². The summed E-state index contributed by atoms with van der Waals surface area (Å²) in [5.41, 5.74) is 3.30. The second-order valence-electron chi connectivity index (χ2n) is 10.8. The van der Waals surface area contributed by atoms with Gasteiger partial charge >= 0.3 is 5.97 Å². The van der Waals surface area contributed by atoms with Crippen molar-refractivity contribution in [3.63, 3.8) is 0 Å². The number of aliphatic hydroxyl groups excluding tert-OH is 1. The van der Waals surface area contributed by atoms with Crippen molar-refractivity contribution in [2.75, 3.05) is 13.1 Å². The summed E-state index contributed by atoms with van der Waals surface area (Å²) in [7, 11) is -3.99. The van der Waals surface area contributed by atoms with Gasteiger partial charge in [-0.3, -0.25) is 4.90 Å². The third kappa shape index (κ3) is 8.58. The molecule has 46 heavy (non-hydrogen) atoms. The molecule has 5 aromatic rings.